The summed E-state index contributed by atoms with van der Waals surface area (Å²) in [5, 5.41) is 13.9. The highest BCUT2D eigenvalue weighted by atomic mass is 19.1. The van der Waals surface area contributed by atoms with Gasteiger partial charge in [-0.15, -0.1) is 0 Å². The number of nitrogens with one attached hydrogen (secondary N) is 2. The molecular formula is C13H17FN2O3. The fourth-order valence-corrected chi connectivity index (χ4v) is 1.44. The topological polar surface area (TPSA) is 78.4 Å². The van der Waals surface area contributed by atoms with Crippen LogP contribution in [0.4, 0.5) is 14.9 Å². The summed E-state index contributed by atoms with van der Waals surface area (Å²) in [6.45, 7) is 4.55. The van der Waals surface area contributed by atoms with Gasteiger partial charge in [-0.05, 0) is 30.5 Å². The molecule has 0 fully saturated rings. The molecule has 1 aromatic rings. The maximum atomic E-state index is 12.9. The molecule has 1 rings (SSSR count). The molecule has 0 aliphatic rings. The van der Waals surface area contributed by atoms with Crippen molar-refractivity contribution < 1.29 is 19.1 Å². The highest BCUT2D eigenvalue weighted by Gasteiger charge is 2.13. The SMILES string of the molecule is CC(C)CCNC(=O)Nc1ccc(F)cc1C(=O)O. The van der Waals surface area contributed by atoms with Gasteiger partial charge in [-0.3, -0.25) is 0 Å². The molecule has 0 saturated heterocycles. The van der Waals surface area contributed by atoms with Gasteiger partial charge in [-0.25, -0.2) is 14.0 Å². The maximum absolute atomic E-state index is 12.9. The van der Waals surface area contributed by atoms with Crippen LogP contribution in [0.3, 0.4) is 0 Å². The Morgan fingerprint density at radius 1 is 1.37 bits per heavy atom. The van der Waals surface area contributed by atoms with Crippen molar-refractivity contribution in [1.29, 1.82) is 0 Å². The fraction of sp³-hybridized carbons (Fsp3) is 0.385. The summed E-state index contributed by atoms with van der Waals surface area (Å²) in [6.07, 6.45) is 0.822. The average molecular weight is 268 g/mol. The molecular weight excluding hydrogens is 251 g/mol. The molecule has 1 aromatic carbocycles. The van der Waals surface area contributed by atoms with Crippen LogP contribution in [-0.4, -0.2) is 23.7 Å². The zero-order valence-electron chi connectivity index (χ0n) is 10.9. The monoisotopic (exact) mass is 268 g/mol. The molecule has 6 heteroatoms. The van der Waals surface area contributed by atoms with Crippen LogP contribution in [0.15, 0.2) is 18.2 Å². The van der Waals surface area contributed by atoms with Gasteiger partial charge < -0.3 is 15.7 Å². The quantitative estimate of drug-likeness (QED) is 0.768. The van der Waals surface area contributed by atoms with Gasteiger partial charge in [-0.2, -0.15) is 0 Å². The van der Waals surface area contributed by atoms with Crippen molar-refractivity contribution in [2.24, 2.45) is 5.92 Å². The summed E-state index contributed by atoms with van der Waals surface area (Å²) in [5.74, 6) is -1.50. The van der Waals surface area contributed by atoms with Crippen molar-refractivity contribution in [3.05, 3.63) is 29.6 Å². The number of benzene rings is 1. The summed E-state index contributed by atoms with van der Waals surface area (Å²) in [7, 11) is 0. The summed E-state index contributed by atoms with van der Waals surface area (Å²) < 4.78 is 12.9. The minimum absolute atomic E-state index is 0.0657. The summed E-state index contributed by atoms with van der Waals surface area (Å²) in [5.41, 5.74) is -0.213. The Balaban J connectivity index is 2.66. The lowest BCUT2D eigenvalue weighted by atomic mass is 10.1. The summed E-state index contributed by atoms with van der Waals surface area (Å²) in [4.78, 5) is 22.5. The molecule has 0 atom stereocenters. The molecule has 0 aromatic heterocycles. The van der Waals surface area contributed by atoms with E-state index in [0.717, 1.165) is 18.6 Å². The van der Waals surface area contributed by atoms with Crippen molar-refractivity contribution in [1.82, 2.24) is 5.32 Å². The first-order valence-corrected chi connectivity index (χ1v) is 5.98. The number of carbonyl (C=O) groups excluding carboxylic acids is 1. The molecule has 0 bridgehead atoms. The molecule has 0 aliphatic carbocycles. The highest BCUT2D eigenvalue weighted by Crippen LogP contribution is 2.16. The highest BCUT2D eigenvalue weighted by molar-refractivity contribution is 5.99. The molecule has 0 aliphatic heterocycles. The molecule has 0 radical (unpaired) electrons. The number of hydrogen-bond acceptors (Lipinski definition) is 2. The van der Waals surface area contributed by atoms with Gasteiger partial charge in [-0.1, -0.05) is 13.8 Å². The number of carbonyl (C=O) groups is 2. The second-order valence-electron chi connectivity index (χ2n) is 4.56. The van der Waals surface area contributed by atoms with E-state index in [9.17, 15) is 14.0 Å². The van der Waals surface area contributed by atoms with Gasteiger partial charge in [0.25, 0.3) is 0 Å². The van der Waals surface area contributed by atoms with E-state index in [1.807, 2.05) is 13.8 Å². The smallest absolute Gasteiger partial charge is 0.337 e. The van der Waals surface area contributed by atoms with E-state index >= 15 is 0 Å². The Kier molecular flexibility index (Phi) is 5.29. The van der Waals surface area contributed by atoms with E-state index in [4.69, 9.17) is 5.11 Å². The summed E-state index contributed by atoms with van der Waals surface area (Å²) in [6, 6.07) is 2.68. The van der Waals surface area contributed by atoms with Gasteiger partial charge in [0.1, 0.15) is 5.82 Å². The zero-order chi connectivity index (χ0) is 14.4. The van der Waals surface area contributed by atoms with E-state index in [-0.39, 0.29) is 11.3 Å². The predicted molar refractivity (Wildman–Crippen MR) is 69.8 cm³/mol. The number of aromatic carboxylic acids is 1. The van der Waals surface area contributed by atoms with E-state index in [0.29, 0.717) is 12.5 Å². The van der Waals surface area contributed by atoms with Crippen LogP contribution < -0.4 is 10.6 Å². The number of carboxylic acid groups (broad SMARTS) is 1. The van der Waals surface area contributed by atoms with E-state index in [2.05, 4.69) is 10.6 Å². The van der Waals surface area contributed by atoms with Gasteiger partial charge in [0.15, 0.2) is 0 Å². The van der Waals surface area contributed by atoms with Crippen LogP contribution >= 0.6 is 0 Å². The molecule has 0 heterocycles. The lowest BCUT2D eigenvalue weighted by Gasteiger charge is -2.10. The second-order valence-corrected chi connectivity index (χ2v) is 4.56. The number of rotatable bonds is 5. The summed E-state index contributed by atoms with van der Waals surface area (Å²) >= 11 is 0. The largest absolute Gasteiger partial charge is 0.478 e. The number of urea groups is 1. The van der Waals surface area contributed by atoms with Gasteiger partial charge in [0.05, 0.1) is 11.3 Å². The number of anilines is 1. The van der Waals surface area contributed by atoms with E-state index in [1.165, 1.54) is 6.07 Å². The predicted octanol–water partition coefficient (Wildman–Crippen LogP) is 2.69. The van der Waals surface area contributed by atoms with Gasteiger partial charge in [0, 0.05) is 6.54 Å². The van der Waals surface area contributed by atoms with Crippen LogP contribution in [0.2, 0.25) is 0 Å². The maximum Gasteiger partial charge on any atom is 0.337 e. The standard InChI is InChI=1S/C13H17FN2O3/c1-8(2)5-6-15-13(19)16-11-4-3-9(14)7-10(11)12(17)18/h3-4,7-8H,5-6H2,1-2H3,(H,17,18)(H2,15,16,19). The van der Waals surface area contributed by atoms with Crippen molar-refractivity contribution in [3.63, 3.8) is 0 Å². The van der Waals surface area contributed by atoms with Crippen molar-refractivity contribution in [3.8, 4) is 0 Å². The van der Waals surface area contributed by atoms with Crippen molar-refractivity contribution >= 4 is 17.7 Å². The van der Waals surface area contributed by atoms with Crippen LogP contribution in [-0.2, 0) is 0 Å². The Bertz CT molecular complexity index is 475. The molecule has 2 amide bonds. The fourth-order valence-electron chi connectivity index (χ4n) is 1.44. The normalized spacial score (nSPS) is 10.3. The Morgan fingerprint density at radius 3 is 2.63 bits per heavy atom. The molecule has 3 N–H and O–H groups in total. The van der Waals surface area contributed by atoms with E-state index in [1.54, 1.807) is 0 Å². The first kappa shape index (κ1) is 14.9. The minimum Gasteiger partial charge on any atom is -0.478 e. The molecule has 0 unspecified atom stereocenters. The van der Waals surface area contributed by atoms with Crippen molar-refractivity contribution in [2.75, 3.05) is 11.9 Å². The van der Waals surface area contributed by atoms with Gasteiger partial charge >= 0.3 is 12.0 Å². The van der Waals surface area contributed by atoms with Crippen LogP contribution in [0.25, 0.3) is 0 Å². The van der Waals surface area contributed by atoms with Gasteiger partial charge in [0.2, 0.25) is 0 Å². The lowest BCUT2D eigenvalue weighted by molar-refractivity contribution is 0.0697. The molecule has 0 spiro atoms. The number of hydrogen-bond donors (Lipinski definition) is 3. The molecule has 5 nitrogen and oxygen atoms in total. The third-order valence-corrected chi connectivity index (χ3v) is 2.47. The van der Waals surface area contributed by atoms with Crippen LogP contribution in [0.5, 0.6) is 0 Å². The molecule has 0 saturated carbocycles. The van der Waals surface area contributed by atoms with E-state index < -0.39 is 17.8 Å². The number of halogens is 1. The van der Waals surface area contributed by atoms with Crippen LogP contribution in [0, 0.1) is 11.7 Å². The number of carboxylic acids is 1. The van der Waals surface area contributed by atoms with Crippen molar-refractivity contribution in [2.45, 2.75) is 20.3 Å². The molecule has 104 valence electrons. The second kappa shape index (κ2) is 6.72. The zero-order valence-corrected chi connectivity index (χ0v) is 10.9. The third kappa shape index (κ3) is 4.95. The Hall–Kier alpha value is -2.11. The Labute approximate surface area is 110 Å². The lowest BCUT2D eigenvalue weighted by Crippen LogP contribution is -2.30. The first-order valence-electron chi connectivity index (χ1n) is 5.98. The first-order chi connectivity index (χ1) is 8.90. The molecule has 19 heavy (non-hydrogen) atoms. The van der Waals surface area contributed by atoms with Crippen LogP contribution in [0.1, 0.15) is 30.6 Å². The third-order valence-electron chi connectivity index (χ3n) is 2.47. The average Bonchev–Trinajstić information content (AvgIpc) is 2.30. The number of amides is 2. The minimum atomic E-state index is -1.29. The Morgan fingerprint density at radius 2 is 2.05 bits per heavy atom.